The van der Waals surface area contributed by atoms with Crippen LogP contribution in [0.2, 0.25) is 0 Å². The maximum Gasteiger partial charge on any atom is 0.253 e. The van der Waals surface area contributed by atoms with E-state index in [4.69, 9.17) is 17.2 Å². The number of amides is 5. The molecule has 0 unspecified atom stereocenters. The maximum atomic E-state index is 14.0. The number of carbonyl (C=O) groups is 5. The fraction of sp³-hybridized carbons (Fsp3) is 0.359. The largest absolute Gasteiger partial charge is 0.370 e. The Bertz CT molecular complexity index is 1720. The number of hydrogen-bond acceptors (Lipinski definition) is 7. The molecule has 0 bridgehead atoms. The van der Waals surface area contributed by atoms with Gasteiger partial charge in [0.05, 0.1) is 5.56 Å². The predicted molar refractivity (Wildman–Crippen MR) is 204 cm³/mol. The van der Waals surface area contributed by atoms with Crippen LogP contribution in [0.25, 0.3) is 6.08 Å². The van der Waals surface area contributed by atoms with Gasteiger partial charge in [-0.1, -0.05) is 92.8 Å². The number of aliphatic imine (C=N–C) groups is 1. The lowest BCUT2D eigenvalue weighted by Crippen LogP contribution is -2.57. The van der Waals surface area contributed by atoms with Crippen LogP contribution < -0.4 is 38.5 Å². The Hall–Kier alpha value is -6.05. The van der Waals surface area contributed by atoms with Crippen molar-refractivity contribution in [1.29, 1.82) is 0 Å². The van der Waals surface area contributed by atoms with Crippen molar-refractivity contribution in [3.63, 3.8) is 0 Å². The summed E-state index contributed by atoms with van der Waals surface area (Å²) in [5.41, 5.74) is 18.4. The van der Waals surface area contributed by atoms with Gasteiger partial charge in [-0.15, -0.1) is 0 Å². The first kappa shape index (κ1) is 39.7. The minimum atomic E-state index is -1.08. The minimum absolute atomic E-state index is 0.105. The number of hydrogen-bond donors (Lipinski definition) is 7. The van der Waals surface area contributed by atoms with Crippen molar-refractivity contribution in [3.05, 3.63) is 102 Å². The molecule has 10 N–H and O–H groups in total. The van der Waals surface area contributed by atoms with Crippen LogP contribution in [0.15, 0.2) is 90.1 Å². The number of carbonyl (C=O) groups excluding carboxylic acids is 5. The van der Waals surface area contributed by atoms with Crippen molar-refractivity contribution < 1.29 is 24.0 Å². The van der Waals surface area contributed by atoms with Crippen LogP contribution in [0, 0.1) is 5.92 Å². The number of guanidine groups is 1. The lowest BCUT2D eigenvalue weighted by Gasteiger charge is -2.28. The van der Waals surface area contributed by atoms with Crippen LogP contribution in [-0.4, -0.2) is 65.1 Å². The van der Waals surface area contributed by atoms with Gasteiger partial charge in [-0.2, -0.15) is 0 Å². The van der Waals surface area contributed by atoms with E-state index in [1.165, 1.54) is 24.4 Å². The first-order valence-electron chi connectivity index (χ1n) is 17.9. The Morgan fingerprint density at radius 3 is 2.09 bits per heavy atom. The van der Waals surface area contributed by atoms with Crippen molar-refractivity contribution >= 4 is 47.4 Å². The molecule has 14 heteroatoms. The average molecular weight is 724 g/mol. The number of nitrogens with zero attached hydrogens (tertiary/aromatic N) is 2. The van der Waals surface area contributed by atoms with Crippen molar-refractivity contribution in [2.75, 3.05) is 11.9 Å². The Morgan fingerprint density at radius 2 is 1.45 bits per heavy atom. The lowest BCUT2D eigenvalue weighted by molar-refractivity contribution is -0.132. The number of aromatic nitrogens is 1. The molecule has 0 radical (unpaired) electrons. The number of benzene rings is 2. The molecule has 1 aromatic heterocycles. The van der Waals surface area contributed by atoms with Crippen LogP contribution in [0.1, 0.15) is 72.9 Å². The molecule has 53 heavy (non-hydrogen) atoms. The van der Waals surface area contributed by atoms with Gasteiger partial charge >= 0.3 is 0 Å². The Balaban J connectivity index is 1.46. The van der Waals surface area contributed by atoms with E-state index >= 15 is 0 Å². The molecule has 1 saturated carbocycles. The Kier molecular flexibility index (Phi) is 15.5. The third-order valence-electron chi connectivity index (χ3n) is 8.94. The zero-order valence-corrected chi connectivity index (χ0v) is 29.7. The van der Waals surface area contributed by atoms with E-state index in [2.05, 4.69) is 31.2 Å². The van der Waals surface area contributed by atoms with Crippen LogP contribution >= 0.6 is 0 Å². The van der Waals surface area contributed by atoms with Gasteiger partial charge in [0.25, 0.3) is 5.91 Å². The zero-order chi connectivity index (χ0) is 38.0. The Morgan fingerprint density at radius 1 is 0.792 bits per heavy atom. The second-order valence-electron chi connectivity index (χ2n) is 13.1. The number of anilines is 1. The second-order valence-corrected chi connectivity index (χ2v) is 13.1. The third kappa shape index (κ3) is 13.9. The van der Waals surface area contributed by atoms with Crippen molar-refractivity contribution in [2.24, 2.45) is 28.1 Å². The summed E-state index contributed by atoms with van der Waals surface area (Å²) in [5.74, 6) is -2.47. The van der Waals surface area contributed by atoms with Crippen molar-refractivity contribution in [3.8, 4) is 0 Å². The number of rotatable bonds is 18. The van der Waals surface area contributed by atoms with Gasteiger partial charge in [-0.25, -0.2) is 4.98 Å². The molecule has 0 saturated heterocycles. The van der Waals surface area contributed by atoms with Crippen LogP contribution in [-0.2, 0) is 25.6 Å². The molecule has 4 rings (SSSR count). The summed E-state index contributed by atoms with van der Waals surface area (Å²) in [6.45, 7) is 0.209. The highest BCUT2D eigenvalue weighted by molar-refractivity contribution is 6.02. The molecular formula is C39H49N9O5. The molecule has 1 heterocycles. The summed E-state index contributed by atoms with van der Waals surface area (Å²) in [7, 11) is 0. The minimum Gasteiger partial charge on any atom is -0.370 e. The fourth-order valence-electron chi connectivity index (χ4n) is 6.12. The molecule has 280 valence electrons. The van der Waals surface area contributed by atoms with Crippen LogP contribution in [0.3, 0.4) is 0 Å². The van der Waals surface area contributed by atoms with E-state index in [-0.39, 0.29) is 48.6 Å². The van der Waals surface area contributed by atoms with E-state index in [1.54, 1.807) is 6.08 Å². The van der Waals surface area contributed by atoms with E-state index in [0.717, 1.165) is 43.2 Å². The molecule has 1 aliphatic rings. The highest BCUT2D eigenvalue weighted by Crippen LogP contribution is 2.27. The van der Waals surface area contributed by atoms with E-state index < -0.39 is 41.8 Å². The van der Waals surface area contributed by atoms with Gasteiger partial charge < -0.3 is 38.5 Å². The van der Waals surface area contributed by atoms with Gasteiger partial charge in [0.2, 0.25) is 23.6 Å². The summed E-state index contributed by atoms with van der Waals surface area (Å²) in [4.78, 5) is 74.0. The standard InChI is InChI=1S/C39H49N9O5/c40-35(50)31(23-27-13-6-2-7-14-27)46-37(52)30(17-10-22-43-39(41)42)45-38(53)32(24-28-15-8-3-9-16-28)47-36(51)29-19-20-33(44-25-29)48-34(49)21-18-26-11-4-1-5-12-26/h1-2,4-7,11-14,18-21,25,28,30-32H,3,8-10,15-17,22-24H2,(H2,40,50)(H,45,53)(H,46,52)(H,47,51)(H4,41,42,43)(H,44,48,49)/b21-18+/t30-,31-,32-/m0/s1. The first-order valence-corrected chi connectivity index (χ1v) is 17.9. The summed E-state index contributed by atoms with van der Waals surface area (Å²) < 4.78 is 0. The highest BCUT2D eigenvalue weighted by Gasteiger charge is 2.31. The van der Waals surface area contributed by atoms with E-state index in [1.807, 2.05) is 60.7 Å². The molecule has 0 spiro atoms. The average Bonchev–Trinajstić information content (AvgIpc) is 3.16. The number of primary amides is 1. The second kappa shape index (κ2) is 20.7. The Labute approximate surface area is 309 Å². The number of nitrogens with one attached hydrogen (secondary N) is 4. The lowest BCUT2D eigenvalue weighted by atomic mass is 9.84. The van der Waals surface area contributed by atoms with Gasteiger partial charge in [-0.3, -0.25) is 29.0 Å². The molecule has 1 aliphatic carbocycles. The summed E-state index contributed by atoms with van der Waals surface area (Å²) >= 11 is 0. The molecular weight excluding hydrogens is 674 g/mol. The molecule has 3 atom stereocenters. The molecule has 2 aromatic carbocycles. The summed E-state index contributed by atoms with van der Waals surface area (Å²) in [6, 6.07) is 18.4. The van der Waals surface area contributed by atoms with Gasteiger partial charge in [0.1, 0.15) is 23.9 Å². The van der Waals surface area contributed by atoms with Crippen LogP contribution in [0.5, 0.6) is 0 Å². The maximum absolute atomic E-state index is 14.0. The normalized spacial score (nSPS) is 14.6. The zero-order valence-electron chi connectivity index (χ0n) is 29.7. The molecule has 5 amide bonds. The molecule has 1 fully saturated rings. The monoisotopic (exact) mass is 723 g/mol. The SMILES string of the molecule is NC(=O)[C@H](Cc1ccccc1)NC(=O)[C@H](CCCN=C(N)N)NC(=O)[C@H](CC1CCCCC1)NC(=O)c1ccc(NC(=O)/C=C/c2ccccc2)nc1. The third-order valence-corrected chi connectivity index (χ3v) is 8.94. The number of nitrogens with two attached hydrogens (primary N) is 3. The van der Waals surface area contributed by atoms with Gasteiger partial charge in [0.15, 0.2) is 5.96 Å². The number of pyridine rings is 1. The van der Waals surface area contributed by atoms with E-state index in [9.17, 15) is 24.0 Å². The quantitative estimate of drug-likeness (QED) is 0.0445. The topological polar surface area (TPSA) is 237 Å². The smallest absolute Gasteiger partial charge is 0.253 e. The summed E-state index contributed by atoms with van der Waals surface area (Å²) in [6.07, 6.45) is 10.4. The van der Waals surface area contributed by atoms with E-state index in [0.29, 0.717) is 12.8 Å². The summed E-state index contributed by atoms with van der Waals surface area (Å²) in [5, 5.41) is 11.0. The first-order chi connectivity index (χ1) is 25.6. The molecule has 14 nitrogen and oxygen atoms in total. The predicted octanol–water partition coefficient (Wildman–Crippen LogP) is 2.55. The van der Waals surface area contributed by atoms with Crippen LogP contribution in [0.4, 0.5) is 5.82 Å². The molecule has 3 aromatic rings. The highest BCUT2D eigenvalue weighted by atomic mass is 16.2. The van der Waals surface area contributed by atoms with Crippen molar-refractivity contribution in [2.45, 2.75) is 75.9 Å². The van der Waals surface area contributed by atoms with Gasteiger partial charge in [0, 0.05) is 25.2 Å². The van der Waals surface area contributed by atoms with Gasteiger partial charge in [-0.05, 0) is 54.5 Å². The van der Waals surface area contributed by atoms with Crippen molar-refractivity contribution in [1.82, 2.24) is 20.9 Å². The fourth-order valence-corrected chi connectivity index (χ4v) is 6.12. The molecule has 0 aliphatic heterocycles.